The van der Waals surface area contributed by atoms with E-state index in [1.165, 1.54) is 23.8 Å². The van der Waals surface area contributed by atoms with E-state index < -0.39 is 5.91 Å². The van der Waals surface area contributed by atoms with Crippen molar-refractivity contribution >= 4 is 44.8 Å². The number of nitrogens with two attached hydrogens (primary N) is 1. The Labute approximate surface area is 186 Å². The number of hydrogen-bond acceptors (Lipinski definition) is 5. The van der Waals surface area contributed by atoms with E-state index in [-0.39, 0.29) is 24.7 Å². The first-order chi connectivity index (χ1) is 14.9. The Balaban J connectivity index is 0.000000785. The number of benzene rings is 1. The van der Waals surface area contributed by atoms with Gasteiger partial charge in [0.05, 0.1) is 29.0 Å². The molecular formula is C23H27N5O2S. The van der Waals surface area contributed by atoms with E-state index in [1.807, 2.05) is 31.3 Å². The van der Waals surface area contributed by atoms with Gasteiger partial charge in [0.25, 0.3) is 5.91 Å². The van der Waals surface area contributed by atoms with Crippen molar-refractivity contribution in [2.24, 2.45) is 10.7 Å². The standard InChI is InChI=1S/C20H20N4O2S.C3H7N/c1-13(21)23-19(26)12-22-18(25)11-20-24-16-9-8-15(10-17(16)27-20)14-6-4-2-3-5-7-14;1-3-4-2/h2-4,6-10H,5,11-12H2,1H3,(H,22,25)(H2,21,23,26);3-4H,1H2,2H3. The van der Waals surface area contributed by atoms with Crippen molar-refractivity contribution in [2.45, 2.75) is 19.8 Å². The topological polar surface area (TPSA) is 109 Å². The van der Waals surface area contributed by atoms with Crippen LogP contribution < -0.4 is 16.4 Å². The van der Waals surface area contributed by atoms with Crippen LogP contribution in [0.4, 0.5) is 0 Å². The fourth-order valence-electron chi connectivity index (χ4n) is 2.63. The van der Waals surface area contributed by atoms with Gasteiger partial charge in [0.2, 0.25) is 5.91 Å². The maximum absolute atomic E-state index is 12.0. The molecule has 1 aromatic heterocycles. The Kier molecular flexibility index (Phi) is 9.38. The lowest BCUT2D eigenvalue weighted by molar-refractivity contribution is -0.124. The highest BCUT2D eigenvalue weighted by Crippen LogP contribution is 2.27. The van der Waals surface area contributed by atoms with Crippen molar-refractivity contribution in [3.8, 4) is 0 Å². The molecule has 3 rings (SSSR count). The van der Waals surface area contributed by atoms with E-state index >= 15 is 0 Å². The van der Waals surface area contributed by atoms with E-state index in [0.717, 1.165) is 22.2 Å². The first-order valence-corrected chi connectivity index (χ1v) is 10.6. The summed E-state index contributed by atoms with van der Waals surface area (Å²) in [5.41, 5.74) is 8.50. The van der Waals surface area contributed by atoms with Gasteiger partial charge in [0.15, 0.2) is 0 Å². The van der Waals surface area contributed by atoms with Gasteiger partial charge < -0.3 is 16.4 Å². The third-order valence-corrected chi connectivity index (χ3v) is 5.03. The number of rotatable bonds is 6. The van der Waals surface area contributed by atoms with Crippen LogP contribution in [0.2, 0.25) is 0 Å². The highest BCUT2D eigenvalue weighted by atomic mass is 32.1. The SMILES string of the molecule is C=CNC.CC(N)=NC(=O)CNC(=O)Cc1nc2ccc(C3=CCC=CC=C3)cc2s1. The zero-order valence-electron chi connectivity index (χ0n) is 17.7. The smallest absolute Gasteiger partial charge is 0.266 e. The molecule has 1 heterocycles. The van der Waals surface area contributed by atoms with E-state index in [1.54, 1.807) is 6.20 Å². The molecule has 0 saturated heterocycles. The van der Waals surface area contributed by atoms with Crippen LogP contribution in [0, 0.1) is 0 Å². The maximum Gasteiger partial charge on any atom is 0.266 e. The number of fused-ring (bicyclic) bond motifs is 1. The van der Waals surface area contributed by atoms with Crippen LogP contribution in [-0.4, -0.2) is 36.2 Å². The molecule has 8 heteroatoms. The number of thiazole rings is 1. The molecule has 0 fully saturated rings. The van der Waals surface area contributed by atoms with E-state index in [0.29, 0.717) is 5.01 Å². The molecule has 4 N–H and O–H groups in total. The van der Waals surface area contributed by atoms with Gasteiger partial charge in [-0.25, -0.2) is 4.98 Å². The highest BCUT2D eigenvalue weighted by Gasteiger charge is 2.11. The first kappa shape index (κ1) is 23.8. The molecule has 0 bridgehead atoms. The lowest BCUT2D eigenvalue weighted by Crippen LogP contribution is -2.30. The van der Waals surface area contributed by atoms with Crippen LogP contribution >= 0.6 is 11.3 Å². The van der Waals surface area contributed by atoms with Gasteiger partial charge in [0, 0.05) is 7.05 Å². The van der Waals surface area contributed by atoms with Crippen LogP contribution in [-0.2, 0) is 16.0 Å². The number of aliphatic imine (C=N–C) groups is 1. The molecule has 162 valence electrons. The van der Waals surface area contributed by atoms with E-state index in [9.17, 15) is 9.59 Å². The molecule has 1 aromatic carbocycles. The first-order valence-electron chi connectivity index (χ1n) is 9.74. The maximum atomic E-state index is 12.0. The molecule has 1 aliphatic rings. The average Bonchev–Trinajstić information content (AvgIpc) is 2.94. The monoisotopic (exact) mass is 437 g/mol. The zero-order valence-corrected chi connectivity index (χ0v) is 18.5. The Morgan fingerprint density at radius 3 is 2.84 bits per heavy atom. The van der Waals surface area contributed by atoms with Crippen LogP contribution in [0.1, 0.15) is 23.9 Å². The predicted molar refractivity (Wildman–Crippen MR) is 129 cm³/mol. The van der Waals surface area contributed by atoms with Gasteiger partial charge in [-0.05, 0) is 42.8 Å². The number of carbonyl (C=O) groups excluding carboxylic acids is 2. The minimum absolute atomic E-state index is 0.125. The van der Waals surface area contributed by atoms with Crippen molar-refractivity contribution in [3.63, 3.8) is 0 Å². The molecular weight excluding hydrogens is 410 g/mol. The summed E-state index contributed by atoms with van der Waals surface area (Å²) in [6.07, 6.45) is 13.1. The third-order valence-electron chi connectivity index (χ3n) is 4.02. The summed E-state index contributed by atoms with van der Waals surface area (Å²) in [5.74, 6) is -0.574. The lowest BCUT2D eigenvalue weighted by Gasteiger charge is -2.01. The van der Waals surface area contributed by atoms with E-state index in [2.05, 4.69) is 51.5 Å². The van der Waals surface area contributed by atoms with Gasteiger partial charge in [-0.15, -0.1) is 11.3 Å². The number of allylic oxidation sites excluding steroid dienone is 6. The van der Waals surface area contributed by atoms with Gasteiger partial charge in [-0.3, -0.25) is 9.59 Å². The molecule has 0 spiro atoms. The molecule has 0 atom stereocenters. The summed E-state index contributed by atoms with van der Waals surface area (Å²) < 4.78 is 1.03. The lowest BCUT2D eigenvalue weighted by atomic mass is 10.0. The van der Waals surface area contributed by atoms with Crippen molar-refractivity contribution < 1.29 is 9.59 Å². The summed E-state index contributed by atoms with van der Waals surface area (Å²) in [7, 11) is 1.81. The number of amidine groups is 1. The van der Waals surface area contributed by atoms with Gasteiger partial charge in [0.1, 0.15) is 5.01 Å². The number of nitrogens with one attached hydrogen (secondary N) is 2. The Morgan fingerprint density at radius 2 is 2.13 bits per heavy atom. The normalized spacial score (nSPS) is 13.0. The van der Waals surface area contributed by atoms with Gasteiger partial charge in [-0.2, -0.15) is 4.99 Å². The third kappa shape index (κ3) is 8.02. The average molecular weight is 438 g/mol. The molecule has 0 radical (unpaired) electrons. The van der Waals surface area contributed by atoms with Crippen molar-refractivity contribution in [3.05, 3.63) is 71.9 Å². The quantitative estimate of drug-likeness (QED) is 0.475. The zero-order chi connectivity index (χ0) is 22.6. The van der Waals surface area contributed by atoms with Crippen molar-refractivity contribution in [1.82, 2.24) is 15.6 Å². The highest BCUT2D eigenvalue weighted by molar-refractivity contribution is 7.18. The molecule has 0 saturated carbocycles. The summed E-state index contributed by atoms with van der Waals surface area (Å²) in [6.45, 7) is 4.72. The van der Waals surface area contributed by atoms with Gasteiger partial charge >= 0.3 is 0 Å². The minimum Gasteiger partial charge on any atom is -0.394 e. The number of carbonyl (C=O) groups is 2. The molecule has 1 aliphatic carbocycles. The van der Waals surface area contributed by atoms with Crippen LogP contribution in [0.5, 0.6) is 0 Å². The van der Waals surface area contributed by atoms with Gasteiger partial charge in [-0.1, -0.05) is 43.0 Å². The predicted octanol–water partition coefficient (Wildman–Crippen LogP) is 3.11. The molecule has 0 unspecified atom stereocenters. The van der Waals surface area contributed by atoms with Crippen LogP contribution in [0.15, 0.2) is 66.4 Å². The second kappa shape index (κ2) is 12.2. The Morgan fingerprint density at radius 1 is 1.35 bits per heavy atom. The molecule has 31 heavy (non-hydrogen) atoms. The molecule has 2 aromatic rings. The molecule has 7 nitrogen and oxygen atoms in total. The van der Waals surface area contributed by atoms with Crippen molar-refractivity contribution in [1.29, 1.82) is 0 Å². The summed E-state index contributed by atoms with van der Waals surface area (Å²) >= 11 is 1.48. The van der Waals surface area contributed by atoms with Crippen LogP contribution in [0.25, 0.3) is 15.8 Å². The number of aromatic nitrogens is 1. The molecule has 2 amide bonds. The minimum atomic E-state index is -0.475. The Bertz CT molecular complexity index is 1060. The number of amides is 2. The largest absolute Gasteiger partial charge is 0.394 e. The van der Waals surface area contributed by atoms with Crippen LogP contribution in [0.3, 0.4) is 0 Å². The summed E-state index contributed by atoms with van der Waals surface area (Å²) in [4.78, 5) is 31.6. The summed E-state index contributed by atoms with van der Waals surface area (Å²) in [5, 5.41) is 5.94. The second-order valence-corrected chi connectivity index (χ2v) is 7.68. The molecule has 0 aliphatic heterocycles. The summed E-state index contributed by atoms with van der Waals surface area (Å²) in [6, 6.07) is 6.11. The van der Waals surface area contributed by atoms with Crippen molar-refractivity contribution in [2.75, 3.05) is 13.6 Å². The number of hydrogen-bond donors (Lipinski definition) is 3. The van der Waals surface area contributed by atoms with E-state index in [4.69, 9.17) is 5.73 Å². The fraction of sp³-hybridized carbons (Fsp3) is 0.217. The second-order valence-electron chi connectivity index (χ2n) is 6.57. The number of nitrogens with zero attached hydrogens (tertiary/aromatic N) is 2. The fourth-order valence-corrected chi connectivity index (χ4v) is 3.64. The Hall–Kier alpha value is -3.52.